The van der Waals surface area contributed by atoms with Crippen LogP contribution >= 0.6 is 11.3 Å². The molecule has 0 aromatic carbocycles. The Kier molecular flexibility index (Phi) is 5.70. The second kappa shape index (κ2) is 7.99. The van der Waals surface area contributed by atoms with Crippen molar-refractivity contribution in [3.8, 4) is 0 Å². The fourth-order valence-electron chi connectivity index (χ4n) is 3.17. The van der Waals surface area contributed by atoms with Crippen molar-refractivity contribution >= 4 is 33.4 Å². The lowest BCUT2D eigenvalue weighted by Gasteiger charge is -2.12. The van der Waals surface area contributed by atoms with Crippen LogP contribution in [0.4, 0.5) is 0 Å². The van der Waals surface area contributed by atoms with E-state index in [1.165, 1.54) is 11.8 Å². The molecule has 0 aliphatic heterocycles. The van der Waals surface area contributed by atoms with Gasteiger partial charge in [0.25, 0.3) is 11.5 Å². The highest BCUT2D eigenvalue weighted by Gasteiger charge is 2.20. The van der Waals surface area contributed by atoms with Gasteiger partial charge in [0.2, 0.25) is 0 Å². The molecule has 1 atom stereocenters. The minimum Gasteiger partial charge on any atom is -0.453 e. The molecule has 0 saturated carbocycles. The van der Waals surface area contributed by atoms with Crippen molar-refractivity contribution in [2.75, 3.05) is 6.54 Å². The number of H-pyrrole nitrogens is 1. The van der Waals surface area contributed by atoms with Gasteiger partial charge in [-0.15, -0.1) is 11.3 Å². The van der Waals surface area contributed by atoms with Crippen LogP contribution in [-0.4, -0.2) is 34.5 Å². The van der Waals surface area contributed by atoms with Crippen LogP contribution in [0.25, 0.3) is 10.2 Å². The van der Waals surface area contributed by atoms with Gasteiger partial charge >= 0.3 is 5.97 Å². The third-order valence-corrected chi connectivity index (χ3v) is 5.65. The van der Waals surface area contributed by atoms with Gasteiger partial charge in [0.05, 0.1) is 11.8 Å². The van der Waals surface area contributed by atoms with E-state index in [9.17, 15) is 14.4 Å². The molecule has 2 heterocycles. The van der Waals surface area contributed by atoms with Gasteiger partial charge < -0.3 is 15.0 Å². The van der Waals surface area contributed by atoms with Gasteiger partial charge in [0, 0.05) is 17.8 Å². The minimum absolute atomic E-state index is 0.0588. The highest BCUT2D eigenvalue weighted by molar-refractivity contribution is 7.18. The van der Waals surface area contributed by atoms with Gasteiger partial charge in [-0.25, -0.2) is 4.98 Å². The highest BCUT2D eigenvalue weighted by atomic mass is 32.1. The number of nitrogens with zero attached hydrogens (tertiary/aromatic N) is 1. The van der Waals surface area contributed by atoms with Gasteiger partial charge in [0.1, 0.15) is 10.7 Å². The van der Waals surface area contributed by atoms with Crippen LogP contribution in [0.5, 0.6) is 0 Å². The van der Waals surface area contributed by atoms with Crippen LogP contribution in [0.1, 0.15) is 49.4 Å². The number of carbonyl (C=O) groups excluding carboxylic acids is 2. The van der Waals surface area contributed by atoms with E-state index in [1.54, 1.807) is 18.3 Å². The van der Waals surface area contributed by atoms with Crippen molar-refractivity contribution in [3.05, 3.63) is 26.6 Å². The second-order valence-electron chi connectivity index (χ2n) is 6.43. The van der Waals surface area contributed by atoms with Crippen molar-refractivity contribution < 1.29 is 14.3 Å². The molecule has 0 bridgehead atoms. The van der Waals surface area contributed by atoms with E-state index in [1.807, 2.05) is 0 Å². The zero-order valence-electron chi connectivity index (χ0n) is 15.0. The third-order valence-electron chi connectivity index (χ3n) is 4.47. The van der Waals surface area contributed by atoms with Crippen LogP contribution < -0.4 is 10.9 Å². The molecule has 2 N–H and O–H groups in total. The van der Waals surface area contributed by atoms with Gasteiger partial charge in [-0.3, -0.25) is 14.4 Å². The van der Waals surface area contributed by atoms with Crippen molar-refractivity contribution in [1.29, 1.82) is 0 Å². The van der Waals surface area contributed by atoms with E-state index in [2.05, 4.69) is 15.3 Å². The Morgan fingerprint density at radius 3 is 2.88 bits per heavy atom. The molecule has 0 spiro atoms. The summed E-state index contributed by atoms with van der Waals surface area (Å²) in [5.74, 6) is -0.335. The number of hydrogen-bond acceptors (Lipinski definition) is 6. The van der Waals surface area contributed by atoms with Crippen LogP contribution in [0.2, 0.25) is 0 Å². The lowest BCUT2D eigenvalue weighted by Crippen LogP contribution is -2.35. The minimum atomic E-state index is -0.832. The third kappa shape index (κ3) is 3.95. The monoisotopic (exact) mass is 377 g/mol. The van der Waals surface area contributed by atoms with E-state index in [4.69, 9.17) is 4.74 Å². The summed E-state index contributed by atoms with van der Waals surface area (Å²) in [6.07, 6.45) is 3.70. The van der Waals surface area contributed by atoms with E-state index in [-0.39, 0.29) is 24.3 Å². The molecule has 1 aliphatic rings. The van der Waals surface area contributed by atoms with Crippen molar-refractivity contribution in [3.63, 3.8) is 0 Å². The first kappa shape index (κ1) is 18.6. The number of amides is 1. The topological polar surface area (TPSA) is 101 Å². The number of aryl methyl sites for hydroxylation is 3. The fraction of sp³-hybridized carbons (Fsp3) is 0.556. The van der Waals surface area contributed by atoms with Crippen LogP contribution in [0, 0.1) is 0 Å². The molecule has 140 valence electrons. The fourth-order valence-corrected chi connectivity index (χ4v) is 4.46. The van der Waals surface area contributed by atoms with E-state index in [0.29, 0.717) is 17.8 Å². The molecule has 7 nitrogen and oxygen atoms in total. The molecule has 0 unspecified atom stereocenters. The van der Waals surface area contributed by atoms with Crippen molar-refractivity contribution in [1.82, 2.24) is 15.3 Å². The van der Waals surface area contributed by atoms with E-state index < -0.39 is 12.1 Å². The molecule has 3 rings (SSSR count). The van der Waals surface area contributed by atoms with Gasteiger partial charge in [-0.2, -0.15) is 0 Å². The smallest absolute Gasteiger partial charge is 0.307 e. The Hall–Kier alpha value is -2.22. The quantitative estimate of drug-likeness (QED) is 0.749. The normalized spacial score (nSPS) is 14.7. The number of likely N-dealkylation sites (N-methyl/N-ethyl adjacent to an activating group) is 1. The Morgan fingerprint density at radius 1 is 1.35 bits per heavy atom. The summed E-state index contributed by atoms with van der Waals surface area (Å²) in [6, 6.07) is 0. The summed E-state index contributed by atoms with van der Waals surface area (Å²) in [7, 11) is 0. The van der Waals surface area contributed by atoms with Gasteiger partial charge in [0.15, 0.2) is 6.10 Å². The molecule has 26 heavy (non-hydrogen) atoms. The maximum atomic E-state index is 12.5. The van der Waals surface area contributed by atoms with Gasteiger partial charge in [-0.1, -0.05) is 0 Å². The summed E-state index contributed by atoms with van der Waals surface area (Å²) in [6.45, 7) is 3.81. The van der Waals surface area contributed by atoms with Crippen molar-refractivity contribution in [2.45, 2.75) is 58.5 Å². The molecule has 1 aliphatic carbocycles. The molecule has 2 aromatic heterocycles. The number of rotatable bonds is 6. The highest BCUT2D eigenvalue weighted by Crippen LogP contribution is 2.33. The number of hydrogen-bond donors (Lipinski definition) is 2. The Labute approximate surface area is 155 Å². The Bertz CT molecular complexity index is 886. The first-order chi connectivity index (χ1) is 12.5. The summed E-state index contributed by atoms with van der Waals surface area (Å²) in [4.78, 5) is 45.3. The van der Waals surface area contributed by atoms with Crippen molar-refractivity contribution in [2.24, 2.45) is 0 Å². The van der Waals surface area contributed by atoms with Crippen LogP contribution in [-0.2, 0) is 33.6 Å². The summed E-state index contributed by atoms with van der Waals surface area (Å²) < 4.78 is 5.10. The maximum absolute atomic E-state index is 12.5. The molecule has 2 aromatic rings. The molecule has 0 saturated heterocycles. The SMILES string of the molecule is CCNC(=O)[C@H](C)OC(=O)CCc1nc2sc3c(c2c(=O)[nH]1)CCCC3. The number of nitrogens with one attached hydrogen (secondary N) is 2. The molecular weight excluding hydrogens is 354 g/mol. The molecule has 1 amide bonds. The van der Waals surface area contributed by atoms with Gasteiger partial charge in [-0.05, 0) is 45.1 Å². The summed E-state index contributed by atoms with van der Waals surface area (Å²) in [5.41, 5.74) is 1.01. The number of ether oxygens (including phenoxy) is 1. The lowest BCUT2D eigenvalue weighted by atomic mass is 9.97. The van der Waals surface area contributed by atoms with E-state index >= 15 is 0 Å². The maximum Gasteiger partial charge on any atom is 0.307 e. The Balaban J connectivity index is 1.67. The zero-order valence-corrected chi connectivity index (χ0v) is 15.8. The van der Waals surface area contributed by atoms with E-state index in [0.717, 1.165) is 36.1 Å². The number of carbonyl (C=O) groups is 2. The molecule has 0 radical (unpaired) electrons. The summed E-state index contributed by atoms with van der Waals surface area (Å²) in [5, 5.41) is 3.31. The Morgan fingerprint density at radius 2 is 2.12 bits per heavy atom. The number of thiophene rings is 1. The number of aromatic nitrogens is 2. The predicted molar refractivity (Wildman–Crippen MR) is 99.4 cm³/mol. The summed E-state index contributed by atoms with van der Waals surface area (Å²) >= 11 is 1.58. The zero-order chi connectivity index (χ0) is 18.7. The first-order valence-electron chi connectivity index (χ1n) is 9.00. The van der Waals surface area contributed by atoms with Crippen LogP contribution in [0.3, 0.4) is 0 Å². The standard InChI is InChI=1S/C18H23N3O4S/c1-3-19-16(23)10(2)25-14(22)9-8-13-20-17(24)15-11-6-4-5-7-12(11)26-18(15)21-13/h10H,3-9H2,1-2H3,(H,19,23)(H,20,21,24)/t10-/m0/s1. The lowest BCUT2D eigenvalue weighted by molar-refractivity contribution is -0.154. The number of aromatic amines is 1. The number of fused-ring (bicyclic) bond motifs is 3. The number of esters is 1. The van der Waals surface area contributed by atoms with Crippen LogP contribution in [0.15, 0.2) is 4.79 Å². The average molecular weight is 377 g/mol. The molecular formula is C18H23N3O4S. The molecule has 0 fully saturated rings. The second-order valence-corrected chi connectivity index (χ2v) is 7.51. The predicted octanol–water partition coefficient (Wildman–Crippen LogP) is 1.86. The average Bonchev–Trinajstić information content (AvgIpc) is 2.99. The first-order valence-corrected chi connectivity index (χ1v) is 9.82. The molecule has 8 heteroatoms. The largest absolute Gasteiger partial charge is 0.453 e.